The number of hydrogen-bond acceptors (Lipinski definition) is 3. The van der Waals surface area contributed by atoms with Crippen LogP contribution in [0.15, 0.2) is 24.3 Å². The van der Waals surface area contributed by atoms with Crippen LogP contribution in [0.4, 0.5) is 5.69 Å². The maximum Gasteiger partial charge on any atom is 0.335 e. The quantitative estimate of drug-likeness (QED) is 0.798. The van der Waals surface area contributed by atoms with Gasteiger partial charge in [-0.1, -0.05) is 0 Å². The molecular weight excluding hydrogens is 210 g/mol. The molecule has 0 saturated carbocycles. The van der Waals surface area contributed by atoms with Crippen molar-refractivity contribution in [1.82, 2.24) is 0 Å². The molecule has 0 saturated heterocycles. The van der Waals surface area contributed by atoms with Gasteiger partial charge in [-0.2, -0.15) is 0 Å². The lowest BCUT2D eigenvalue weighted by molar-refractivity contribution is -0.134. The summed E-state index contributed by atoms with van der Waals surface area (Å²) in [5.74, 6) is -1.72. The molecule has 0 spiro atoms. The summed E-state index contributed by atoms with van der Waals surface area (Å²) in [4.78, 5) is 21.4. The third-order valence-corrected chi connectivity index (χ3v) is 1.63. The predicted molar refractivity (Wildman–Crippen MR) is 61.0 cm³/mol. The number of aliphatic carboxylic acids is 1. The summed E-state index contributed by atoms with van der Waals surface area (Å²) in [6.45, 7) is 1.08. The minimum atomic E-state index is -0.889. The molecule has 0 fully saturated rings. The van der Waals surface area contributed by atoms with Gasteiger partial charge in [0, 0.05) is 26.7 Å². The van der Waals surface area contributed by atoms with Gasteiger partial charge >= 0.3 is 5.97 Å². The van der Waals surface area contributed by atoms with Crippen LogP contribution in [-0.2, 0) is 4.79 Å². The molecule has 0 aliphatic carbocycles. The molecule has 0 unspecified atom stereocenters. The van der Waals surface area contributed by atoms with Crippen molar-refractivity contribution in [2.24, 2.45) is 0 Å². The number of aromatic carboxylic acids is 1. The van der Waals surface area contributed by atoms with Gasteiger partial charge in [0.2, 0.25) is 0 Å². The Kier molecular flexibility index (Phi) is 5.62. The summed E-state index contributed by atoms with van der Waals surface area (Å²) in [5.41, 5.74) is 1.32. The van der Waals surface area contributed by atoms with Gasteiger partial charge in [0.15, 0.2) is 0 Å². The van der Waals surface area contributed by atoms with Crippen LogP contribution in [0.2, 0.25) is 0 Å². The Labute approximate surface area is 93.9 Å². The summed E-state index contributed by atoms with van der Waals surface area (Å²) in [6, 6.07) is 6.75. The van der Waals surface area contributed by atoms with Gasteiger partial charge in [-0.3, -0.25) is 4.79 Å². The molecule has 88 valence electrons. The monoisotopic (exact) mass is 225 g/mol. The smallest absolute Gasteiger partial charge is 0.335 e. The molecule has 1 aromatic rings. The van der Waals surface area contributed by atoms with Crippen molar-refractivity contribution in [3.8, 4) is 0 Å². The van der Waals surface area contributed by atoms with E-state index < -0.39 is 11.9 Å². The van der Waals surface area contributed by atoms with E-state index in [0.29, 0.717) is 5.56 Å². The van der Waals surface area contributed by atoms with Crippen LogP contribution < -0.4 is 4.90 Å². The van der Waals surface area contributed by atoms with Gasteiger partial charge in [0.05, 0.1) is 5.56 Å². The third kappa shape index (κ3) is 5.64. The van der Waals surface area contributed by atoms with E-state index in [2.05, 4.69) is 0 Å². The highest BCUT2D eigenvalue weighted by Gasteiger charge is 2.01. The first-order chi connectivity index (χ1) is 7.34. The van der Waals surface area contributed by atoms with Crippen molar-refractivity contribution in [1.29, 1.82) is 0 Å². The maximum absolute atomic E-state index is 10.5. The molecule has 0 radical (unpaired) electrons. The van der Waals surface area contributed by atoms with Crippen LogP contribution in [0.3, 0.4) is 0 Å². The van der Waals surface area contributed by atoms with Crippen LogP contribution in [0, 0.1) is 0 Å². The van der Waals surface area contributed by atoms with Crippen molar-refractivity contribution in [2.45, 2.75) is 6.92 Å². The Morgan fingerprint density at radius 3 is 1.69 bits per heavy atom. The standard InChI is InChI=1S/C9H11NO2.C2H4O2/c1-10(2)8-5-3-7(4-6-8)9(11)12;1-2(3)4/h3-6H,1-2H3,(H,11,12);1H3,(H,3,4). The fourth-order valence-electron chi connectivity index (χ4n) is 0.902. The zero-order valence-electron chi connectivity index (χ0n) is 9.47. The fourth-order valence-corrected chi connectivity index (χ4v) is 0.902. The first-order valence-corrected chi connectivity index (χ1v) is 4.54. The second kappa shape index (κ2) is 6.44. The van der Waals surface area contributed by atoms with Crippen molar-refractivity contribution in [2.75, 3.05) is 19.0 Å². The summed E-state index contributed by atoms with van der Waals surface area (Å²) < 4.78 is 0. The summed E-state index contributed by atoms with van der Waals surface area (Å²) in [7, 11) is 3.82. The van der Waals surface area contributed by atoms with E-state index in [-0.39, 0.29) is 0 Å². The van der Waals surface area contributed by atoms with Gasteiger partial charge in [-0.15, -0.1) is 0 Å². The van der Waals surface area contributed by atoms with E-state index in [1.54, 1.807) is 24.3 Å². The SMILES string of the molecule is CC(=O)O.CN(C)c1ccc(C(=O)O)cc1. The van der Waals surface area contributed by atoms with Gasteiger partial charge in [-0.05, 0) is 24.3 Å². The molecule has 0 aliphatic heterocycles. The van der Waals surface area contributed by atoms with Crippen LogP contribution >= 0.6 is 0 Å². The van der Waals surface area contributed by atoms with Crippen molar-refractivity contribution >= 4 is 17.6 Å². The summed E-state index contributed by atoms with van der Waals surface area (Å²) >= 11 is 0. The highest BCUT2D eigenvalue weighted by atomic mass is 16.4. The average molecular weight is 225 g/mol. The number of anilines is 1. The number of rotatable bonds is 2. The van der Waals surface area contributed by atoms with Crippen molar-refractivity contribution in [3.63, 3.8) is 0 Å². The molecule has 1 rings (SSSR count). The van der Waals surface area contributed by atoms with Gasteiger partial charge in [-0.25, -0.2) is 4.79 Å². The number of benzene rings is 1. The maximum atomic E-state index is 10.5. The normalized spacial score (nSPS) is 8.69. The molecule has 2 N–H and O–H groups in total. The predicted octanol–water partition coefficient (Wildman–Crippen LogP) is 1.54. The highest BCUT2D eigenvalue weighted by Crippen LogP contribution is 2.11. The van der Waals surface area contributed by atoms with E-state index in [1.807, 2.05) is 19.0 Å². The molecule has 0 atom stereocenters. The van der Waals surface area contributed by atoms with Crippen LogP contribution in [0.25, 0.3) is 0 Å². The zero-order valence-corrected chi connectivity index (χ0v) is 9.47. The lowest BCUT2D eigenvalue weighted by atomic mass is 10.2. The Morgan fingerprint density at radius 2 is 1.44 bits per heavy atom. The second-order valence-electron chi connectivity index (χ2n) is 3.27. The average Bonchev–Trinajstić information content (AvgIpc) is 2.17. The molecule has 5 nitrogen and oxygen atoms in total. The number of carbonyl (C=O) groups is 2. The van der Waals surface area contributed by atoms with Crippen LogP contribution in [0.1, 0.15) is 17.3 Å². The van der Waals surface area contributed by atoms with Gasteiger partial charge < -0.3 is 15.1 Å². The molecule has 0 aliphatic rings. The molecule has 0 heterocycles. The van der Waals surface area contributed by atoms with E-state index in [0.717, 1.165) is 12.6 Å². The lowest BCUT2D eigenvalue weighted by Crippen LogP contribution is -2.08. The Hall–Kier alpha value is -2.04. The first kappa shape index (κ1) is 14.0. The number of carboxylic acid groups (broad SMARTS) is 2. The van der Waals surface area contributed by atoms with E-state index in [9.17, 15) is 4.79 Å². The number of carboxylic acids is 2. The van der Waals surface area contributed by atoms with E-state index in [4.69, 9.17) is 15.0 Å². The topological polar surface area (TPSA) is 77.8 Å². The summed E-state index contributed by atoms with van der Waals surface area (Å²) in [5, 5.41) is 16.0. The molecule has 16 heavy (non-hydrogen) atoms. The Bertz CT molecular complexity index is 353. The highest BCUT2D eigenvalue weighted by molar-refractivity contribution is 5.88. The van der Waals surface area contributed by atoms with Crippen LogP contribution in [0.5, 0.6) is 0 Å². The zero-order chi connectivity index (χ0) is 12.7. The molecule has 5 heteroatoms. The Balaban J connectivity index is 0.000000487. The van der Waals surface area contributed by atoms with Crippen LogP contribution in [-0.4, -0.2) is 36.2 Å². The fraction of sp³-hybridized carbons (Fsp3) is 0.273. The van der Waals surface area contributed by atoms with Crippen molar-refractivity contribution in [3.05, 3.63) is 29.8 Å². The molecule has 1 aromatic carbocycles. The van der Waals surface area contributed by atoms with Gasteiger partial charge in [0.25, 0.3) is 5.97 Å². The molecule has 0 amide bonds. The van der Waals surface area contributed by atoms with Crippen molar-refractivity contribution < 1.29 is 19.8 Å². The lowest BCUT2D eigenvalue weighted by Gasteiger charge is -2.11. The molecular formula is C11H15NO4. The van der Waals surface area contributed by atoms with E-state index >= 15 is 0 Å². The second-order valence-corrected chi connectivity index (χ2v) is 3.27. The third-order valence-electron chi connectivity index (χ3n) is 1.63. The Morgan fingerprint density at radius 1 is 1.06 bits per heavy atom. The molecule has 0 bridgehead atoms. The number of hydrogen-bond donors (Lipinski definition) is 2. The van der Waals surface area contributed by atoms with E-state index in [1.165, 1.54) is 0 Å². The number of nitrogens with zero attached hydrogens (tertiary/aromatic N) is 1. The summed E-state index contributed by atoms with van der Waals surface area (Å²) in [6.07, 6.45) is 0. The first-order valence-electron chi connectivity index (χ1n) is 4.54. The van der Waals surface area contributed by atoms with Gasteiger partial charge in [0.1, 0.15) is 0 Å². The molecule has 0 aromatic heterocycles. The minimum Gasteiger partial charge on any atom is -0.481 e. The largest absolute Gasteiger partial charge is 0.481 e. The minimum absolute atomic E-state index is 0.320.